The zero-order valence-electron chi connectivity index (χ0n) is 15.2. The fourth-order valence-electron chi connectivity index (χ4n) is 2.75. The number of anilines is 1. The number of ether oxygens (including phenoxy) is 1. The lowest BCUT2D eigenvalue weighted by atomic mass is 10.0. The summed E-state index contributed by atoms with van der Waals surface area (Å²) in [6, 6.07) is 11.7. The first kappa shape index (κ1) is 19.3. The van der Waals surface area contributed by atoms with Crippen LogP contribution in [-0.2, 0) is 19.4 Å². The number of rotatable bonds is 6. The van der Waals surface area contributed by atoms with Crippen molar-refractivity contribution in [1.29, 1.82) is 0 Å². The Morgan fingerprint density at radius 2 is 1.96 bits per heavy atom. The van der Waals surface area contributed by atoms with Crippen LogP contribution in [0.25, 0.3) is 0 Å². The van der Waals surface area contributed by atoms with Gasteiger partial charge in [0, 0.05) is 5.56 Å². The number of nitrogens with zero attached hydrogens (tertiary/aromatic N) is 1. The maximum atomic E-state index is 11.9. The van der Waals surface area contributed by atoms with Crippen LogP contribution in [0.5, 0.6) is 5.75 Å². The van der Waals surface area contributed by atoms with Crippen molar-refractivity contribution in [3.8, 4) is 5.75 Å². The summed E-state index contributed by atoms with van der Waals surface area (Å²) in [5.41, 5.74) is 4.70. The van der Waals surface area contributed by atoms with Gasteiger partial charge in [0.05, 0.1) is 5.69 Å². The van der Waals surface area contributed by atoms with Gasteiger partial charge in [0.15, 0.2) is 0 Å². The quantitative estimate of drug-likeness (QED) is 0.556. The SMILES string of the molecule is CCc1ccc(OCc2c(CC)cccc2N(O)C(=O)SC)c(C)c1. The van der Waals surface area contributed by atoms with E-state index in [1.807, 2.05) is 32.0 Å². The molecule has 0 saturated carbocycles. The summed E-state index contributed by atoms with van der Waals surface area (Å²) in [6.07, 6.45) is 3.42. The van der Waals surface area contributed by atoms with E-state index >= 15 is 0 Å². The molecule has 0 unspecified atom stereocenters. The molecule has 1 amide bonds. The second kappa shape index (κ2) is 8.92. The largest absolute Gasteiger partial charge is 0.489 e. The molecule has 25 heavy (non-hydrogen) atoms. The highest BCUT2D eigenvalue weighted by atomic mass is 32.2. The highest BCUT2D eigenvalue weighted by Gasteiger charge is 2.18. The van der Waals surface area contributed by atoms with Crippen LogP contribution < -0.4 is 9.80 Å². The van der Waals surface area contributed by atoms with Gasteiger partial charge in [-0.05, 0) is 54.8 Å². The van der Waals surface area contributed by atoms with Crippen molar-refractivity contribution in [3.63, 3.8) is 0 Å². The van der Waals surface area contributed by atoms with Crippen molar-refractivity contribution >= 4 is 22.7 Å². The second-order valence-corrected chi connectivity index (χ2v) is 6.55. The van der Waals surface area contributed by atoms with Gasteiger partial charge < -0.3 is 4.74 Å². The molecule has 4 nitrogen and oxygen atoms in total. The first-order chi connectivity index (χ1) is 12.0. The summed E-state index contributed by atoms with van der Waals surface area (Å²) in [5, 5.41) is 10.5. The lowest BCUT2D eigenvalue weighted by Crippen LogP contribution is -2.24. The van der Waals surface area contributed by atoms with Crippen LogP contribution in [0.15, 0.2) is 36.4 Å². The number of hydrogen-bond acceptors (Lipinski definition) is 4. The summed E-state index contributed by atoms with van der Waals surface area (Å²) in [6.45, 7) is 6.49. The first-order valence-corrected chi connectivity index (χ1v) is 9.64. The molecular formula is C20H25NO3S. The van der Waals surface area contributed by atoms with Crippen LogP contribution in [0, 0.1) is 6.92 Å². The van der Waals surface area contributed by atoms with Gasteiger partial charge in [-0.1, -0.05) is 49.9 Å². The summed E-state index contributed by atoms with van der Waals surface area (Å²) in [7, 11) is 0. The van der Waals surface area contributed by atoms with E-state index < -0.39 is 5.24 Å². The lowest BCUT2D eigenvalue weighted by Gasteiger charge is -2.20. The Hall–Kier alpha value is -1.98. The van der Waals surface area contributed by atoms with Crippen molar-refractivity contribution in [3.05, 3.63) is 58.7 Å². The molecule has 0 fully saturated rings. The number of hydrogen-bond donors (Lipinski definition) is 1. The molecule has 0 aliphatic carbocycles. The molecule has 0 radical (unpaired) electrons. The standard InChI is InChI=1S/C20H25NO3S/c1-5-15-10-11-19(14(3)12-15)24-13-17-16(6-2)8-7-9-18(17)21(23)20(22)25-4/h7-12,23H,5-6,13H2,1-4H3. The summed E-state index contributed by atoms with van der Waals surface area (Å²) >= 11 is 0.967. The highest BCUT2D eigenvalue weighted by Crippen LogP contribution is 2.28. The monoisotopic (exact) mass is 359 g/mol. The van der Waals surface area contributed by atoms with E-state index in [0.717, 1.165) is 47.0 Å². The number of thioether (sulfide) groups is 1. The molecule has 134 valence electrons. The van der Waals surface area contributed by atoms with E-state index in [9.17, 15) is 10.0 Å². The van der Waals surface area contributed by atoms with Crippen molar-refractivity contribution in [2.75, 3.05) is 11.3 Å². The third-order valence-corrected chi connectivity index (χ3v) is 4.75. The van der Waals surface area contributed by atoms with E-state index in [-0.39, 0.29) is 0 Å². The molecule has 0 aromatic heterocycles. The van der Waals surface area contributed by atoms with E-state index in [2.05, 4.69) is 19.1 Å². The molecule has 0 aliphatic rings. The Bertz CT molecular complexity index is 746. The van der Waals surface area contributed by atoms with Gasteiger partial charge >= 0.3 is 5.24 Å². The third kappa shape index (κ3) is 4.55. The van der Waals surface area contributed by atoms with E-state index in [1.165, 1.54) is 5.56 Å². The van der Waals surface area contributed by atoms with Crippen molar-refractivity contribution < 1.29 is 14.7 Å². The average Bonchev–Trinajstić information content (AvgIpc) is 2.65. The normalized spacial score (nSPS) is 10.6. The molecule has 1 N–H and O–H groups in total. The van der Waals surface area contributed by atoms with Crippen LogP contribution in [0.1, 0.15) is 36.1 Å². The predicted molar refractivity (Wildman–Crippen MR) is 104 cm³/mol. The van der Waals surface area contributed by atoms with E-state index in [4.69, 9.17) is 4.74 Å². The van der Waals surface area contributed by atoms with Crippen LogP contribution in [0.2, 0.25) is 0 Å². The Morgan fingerprint density at radius 1 is 1.20 bits per heavy atom. The van der Waals surface area contributed by atoms with Crippen LogP contribution in [0.4, 0.5) is 10.5 Å². The fraction of sp³-hybridized carbons (Fsp3) is 0.350. The van der Waals surface area contributed by atoms with Gasteiger partial charge in [-0.2, -0.15) is 5.06 Å². The average molecular weight is 359 g/mol. The van der Waals surface area contributed by atoms with Gasteiger partial charge in [-0.3, -0.25) is 10.0 Å². The fourth-order valence-corrected chi connectivity index (χ4v) is 3.02. The molecule has 0 atom stereocenters. The maximum Gasteiger partial charge on any atom is 0.309 e. The Balaban J connectivity index is 2.30. The molecule has 0 saturated heterocycles. The van der Waals surface area contributed by atoms with Crippen LogP contribution in [0.3, 0.4) is 0 Å². The van der Waals surface area contributed by atoms with E-state index in [1.54, 1.807) is 12.3 Å². The zero-order chi connectivity index (χ0) is 18.4. The van der Waals surface area contributed by atoms with Gasteiger partial charge in [-0.15, -0.1) is 0 Å². The number of carbonyl (C=O) groups is 1. The maximum absolute atomic E-state index is 11.9. The number of aryl methyl sites for hydroxylation is 3. The van der Waals surface area contributed by atoms with Gasteiger partial charge in [-0.25, -0.2) is 0 Å². The smallest absolute Gasteiger partial charge is 0.309 e. The van der Waals surface area contributed by atoms with Gasteiger partial charge in [0.1, 0.15) is 12.4 Å². The molecule has 2 aromatic carbocycles. The molecule has 0 spiro atoms. The summed E-state index contributed by atoms with van der Waals surface area (Å²) in [5.74, 6) is 0.815. The summed E-state index contributed by atoms with van der Waals surface area (Å²) in [4.78, 5) is 11.9. The number of benzene rings is 2. The lowest BCUT2D eigenvalue weighted by molar-refractivity contribution is 0.223. The van der Waals surface area contributed by atoms with Crippen molar-refractivity contribution in [2.45, 2.75) is 40.2 Å². The minimum Gasteiger partial charge on any atom is -0.489 e. The van der Waals surface area contributed by atoms with Crippen molar-refractivity contribution in [2.24, 2.45) is 0 Å². The minimum absolute atomic E-state index is 0.296. The van der Waals surface area contributed by atoms with Gasteiger partial charge in [0.25, 0.3) is 0 Å². The Morgan fingerprint density at radius 3 is 2.56 bits per heavy atom. The predicted octanol–water partition coefficient (Wildman–Crippen LogP) is 5.38. The molecule has 0 heterocycles. The van der Waals surface area contributed by atoms with Crippen molar-refractivity contribution in [1.82, 2.24) is 0 Å². The first-order valence-electron chi connectivity index (χ1n) is 8.41. The molecule has 0 aliphatic heterocycles. The Kier molecular flexibility index (Phi) is 6.91. The topological polar surface area (TPSA) is 49.8 Å². The molecule has 5 heteroatoms. The number of hydroxylamine groups is 1. The summed E-state index contributed by atoms with van der Waals surface area (Å²) < 4.78 is 6.01. The molecule has 2 aromatic rings. The second-order valence-electron chi connectivity index (χ2n) is 5.79. The number of amides is 1. The van der Waals surface area contributed by atoms with Crippen LogP contribution >= 0.6 is 11.8 Å². The highest BCUT2D eigenvalue weighted by molar-refractivity contribution is 8.13. The molecular weight excluding hydrogens is 334 g/mol. The van der Waals surface area contributed by atoms with Crippen LogP contribution in [-0.4, -0.2) is 16.7 Å². The zero-order valence-corrected chi connectivity index (χ0v) is 16.0. The molecule has 2 rings (SSSR count). The van der Waals surface area contributed by atoms with E-state index in [0.29, 0.717) is 17.4 Å². The minimum atomic E-state index is -0.419. The number of carbonyl (C=O) groups excluding carboxylic acids is 1. The third-order valence-electron chi connectivity index (χ3n) is 4.22. The van der Waals surface area contributed by atoms with Gasteiger partial charge in [0.2, 0.25) is 0 Å². The Labute approximate surface area is 153 Å². The molecule has 0 bridgehead atoms.